The second-order valence-electron chi connectivity index (χ2n) is 7.97. The van der Waals surface area contributed by atoms with Crippen molar-refractivity contribution in [3.05, 3.63) is 84.7 Å². The molecule has 0 radical (unpaired) electrons. The monoisotopic (exact) mass is 418 g/mol. The van der Waals surface area contributed by atoms with Gasteiger partial charge < -0.3 is 14.7 Å². The van der Waals surface area contributed by atoms with Gasteiger partial charge in [-0.15, -0.1) is 0 Å². The molecule has 0 atom stereocenters. The Kier molecular flexibility index (Phi) is 7.42. The molecule has 5 nitrogen and oxygen atoms in total. The molecule has 31 heavy (non-hydrogen) atoms. The Morgan fingerprint density at radius 2 is 1.94 bits per heavy atom. The number of allylic oxidation sites excluding steroid dienone is 4. The minimum Gasteiger partial charge on any atom is -0.497 e. The van der Waals surface area contributed by atoms with Gasteiger partial charge in [0.1, 0.15) is 5.75 Å². The molecule has 0 saturated carbocycles. The predicted molar refractivity (Wildman–Crippen MR) is 124 cm³/mol. The zero-order valence-electron chi connectivity index (χ0n) is 18.3. The first-order valence-electron chi connectivity index (χ1n) is 10.5. The maximum absolute atomic E-state index is 13.4. The number of nitrogens with zero attached hydrogens (tertiary/aromatic N) is 2. The number of likely N-dealkylation sites (tertiary alicyclic amines) is 1. The summed E-state index contributed by atoms with van der Waals surface area (Å²) in [4.78, 5) is 19.3. The van der Waals surface area contributed by atoms with Crippen LogP contribution in [0.25, 0.3) is 11.1 Å². The molecule has 2 aromatic rings. The largest absolute Gasteiger partial charge is 0.497 e. The fraction of sp³-hybridized carbons (Fsp3) is 0.308. The summed E-state index contributed by atoms with van der Waals surface area (Å²) in [5, 5.41) is 11.0. The summed E-state index contributed by atoms with van der Waals surface area (Å²) < 4.78 is 5.36. The van der Waals surface area contributed by atoms with Crippen LogP contribution in [0, 0.1) is 0 Å². The number of aromatic nitrogens is 1. The van der Waals surface area contributed by atoms with E-state index in [0.717, 1.165) is 16.7 Å². The lowest BCUT2D eigenvalue weighted by molar-refractivity contribution is -0.0161. The number of aliphatic hydroxyl groups is 1. The quantitative estimate of drug-likeness (QED) is 0.656. The number of methoxy groups -OCH3 is 1. The van der Waals surface area contributed by atoms with E-state index in [2.05, 4.69) is 11.6 Å². The van der Waals surface area contributed by atoms with E-state index in [4.69, 9.17) is 4.74 Å². The van der Waals surface area contributed by atoms with Gasteiger partial charge in [0.05, 0.1) is 18.3 Å². The third-order valence-electron chi connectivity index (χ3n) is 5.67. The van der Waals surface area contributed by atoms with E-state index in [-0.39, 0.29) is 5.91 Å². The van der Waals surface area contributed by atoms with Gasteiger partial charge in [-0.05, 0) is 67.6 Å². The van der Waals surface area contributed by atoms with Crippen molar-refractivity contribution in [3.8, 4) is 16.9 Å². The summed E-state index contributed by atoms with van der Waals surface area (Å²) in [5.74, 6) is 0.594. The standard InChI is InChI=1S/C26H30N2O3/c1-4-5-6-7-20(2)19-26(30)12-16-28(17-13-26)25(29)24-18-22(31-3)8-9-23(24)21-10-14-27-15-11-21/h4-11,14-15,18,30H,1,12-13,16-17,19H2,2-3H3/b6-5-,20-7+. The van der Waals surface area contributed by atoms with Crippen LogP contribution in [0.1, 0.15) is 36.5 Å². The molecular formula is C26H30N2O3. The van der Waals surface area contributed by atoms with Gasteiger partial charge in [0.25, 0.3) is 5.91 Å². The van der Waals surface area contributed by atoms with Crippen molar-refractivity contribution in [1.29, 1.82) is 0 Å². The van der Waals surface area contributed by atoms with Crippen molar-refractivity contribution >= 4 is 5.91 Å². The number of piperidine rings is 1. The first-order valence-corrected chi connectivity index (χ1v) is 10.5. The molecule has 1 N–H and O–H groups in total. The Hall–Kier alpha value is -3.18. The number of rotatable bonds is 7. The molecule has 1 saturated heterocycles. The van der Waals surface area contributed by atoms with Gasteiger partial charge in [0, 0.05) is 25.5 Å². The number of carbonyl (C=O) groups excluding carboxylic acids is 1. The molecule has 5 heteroatoms. The van der Waals surface area contributed by atoms with Gasteiger partial charge in [-0.1, -0.05) is 36.5 Å². The molecule has 1 aromatic heterocycles. The van der Waals surface area contributed by atoms with E-state index >= 15 is 0 Å². The highest BCUT2D eigenvalue weighted by atomic mass is 16.5. The van der Waals surface area contributed by atoms with E-state index in [1.54, 1.807) is 31.6 Å². The second-order valence-corrected chi connectivity index (χ2v) is 7.97. The molecule has 2 heterocycles. The van der Waals surface area contributed by atoms with E-state index in [1.165, 1.54) is 0 Å². The normalized spacial score (nSPS) is 16.4. The highest BCUT2D eigenvalue weighted by Gasteiger charge is 2.34. The van der Waals surface area contributed by atoms with Crippen LogP contribution in [0.2, 0.25) is 0 Å². The number of ether oxygens (including phenoxy) is 1. The van der Waals surface area contributed by atoms with E-state index in [1.807, 2.05) is 54.3 Å². The highest BCUT2D eigenvalue weighted by Crippen LogP contribution is 2.32. The summed E-state index contributed by atoms with van der Waals surface area (Å²) in [5.41, 5.74) is 2.70. The molecule has 1 aliphatic heterocycles. The van der Waals surface area contributed by atoms with Crippen LogP contribution in [0.15, 0.2) is 79.2 Å². The molecule has 0 aliphatic carbocycles. The lowest BCUT2D eigenvalue weighted by Crippen LogP contribution is -2.46. The Bertz CT molecular complexity index is 971. The molecule has 1 aliphatic rings. The van der Waals surface area contributed by atoms with Gasteiger partial charge in [-0.3, -0.25) is 9.78 Å². The van der Waals surface area contributed by atoms with Crippen LogP contribution in [-0.4, -0.2) is 46.7 Å². The lowest BCUT2D eigenvalue weighted by atomic mass is 9.85. The number of hydrogen-bond donors (Lipinski definition) is 1. The number of hydrogen-bond acceptors (Lipinski definition) is 4. The number of benzene rings is 1. The summed E-state index contributed by atoms with van der Waals surface area (Å²) in [6.45, 7) is 6.70. The van der Waals surface area contributed by atoms with E-state index in [0.29, 0.717) is 43.7 Å². The molecular weight excluding hydrogens is 388 g/mol. The van der Waals surface area contributed by atoms with Crippen molar-refractivity contribution in [2.24, 2.45) is 0 Å². The van der Waals surface area contributed by atoms with Gasteiger partial charge in [-0.25, -0.2) is 0 Å². The Labute approximate surface area is 184 Å². The number of carbonyl (C=O) groups is 1. The van der Waals surface area contributed by atoms with Crippen LogP contribution in [0.3, 0.4) is 0 Å². The van der Waals surface area contributed by atoms with Crippen molar-refractivity contribution in [2.45, 2.75) is 31.8 Å². The molecule has 1 aromatic carbocycles. The maximum Gasteiger partial charge on any atom is 0.254 e. The van der Waals surface area contributed by atoms with E-state index in [9.17, 15) is 9.90 Å². The fourth-order valence-corrected chi connectivity index (χ4v) is 3.96. The summed E-state index contributed by atoms with van der Waals surface area (Å²) in [7, 11) is 1.59. The van der Waals surface area contributed by atoms with Crippen molar-refractivity contribution in [1.82, 2.24) is 9.88 Å². The zero-order valence-corrected chi connectivity index (χ0v) is 18.3. The minimum absolute atomic E-state index is 0.0473. The third-order valence-corrected chi connectivity index (χ3v) is 5.67. The van der Waals surface area contributed by atoms with Crippen molar-refractivity contribution in [2.75, 3.05) is 20.2 Å². The lowest BCUT2D eigenvalue weighted by Gasteiger charge is -2.38. The first-order chi connectivity index (χ1) is 15.0. The molecule has 1 fully saturated rings. The molecule has 3 rings (SSSR count). The van der Waals surface area contributed by atoms with Gasteiger partial charge in [0.15, 0.2) is 0 Å². The van der Waals surface area contributed by atoms with Crippen LogP contribution in [0.4, 0.5) is 0 Å². The second kappa shape index (κ2) is 10.2. The van der Waals surface area contributed by atoms with Crippen LogP contribution in [0.5, 0.6) is 5.75 Å². The zero-order chi connectivity index (χ0) is 22.3. The average molecular weight is 419 g/mol. The SMILES string of the molecule is C=C/C=C\C=C(/C)CC1(O)CCN(C(=O)c2cc(OC)ccc2-c2ccncc2)CC1. The first kappa shape index (κ1) is 22.5. The maximum atomic E-state index is 13.4. The smallest absolute Gasteiger partial charge is 0.254 e. The molecule has 0 spiro atoms. The fourth-order valence-electron chi connectivity index (χ4n) is 3.96. The third kappa shape index (κ3) is 5.70. The van der Waals surface area contributed by atoms with Gasteiger partial charge in [-0.2, -0.15) is 0 Å². The summed E-state index contributed by atoms with van der Waals surface area (Å²) >= 11 is 0. The molecule has 0 bridgehead atoms. The van der Waals surface area contributed by atoms with Crippen molar-refractivity contribution in [3.63, 3.8) is 0 Å². The highest BCUT2D eigenvalue weighted by molar-refractivity contribution is 6.01. The predicted octanol–water partition coefficient (Wildman–Crippen LogP) is 4.80. The van der Waals surface area contributed by atoms with Crippen LogP contribution < -0.4 is 4.74 Å². The molecule has 162 valence electrons. The Balaban J connectivity index is 1.76. The van der Waals surface area contributed by atoms with Crippen LogP contribution in [-0.2, 0) is 0 Å². The average Bonchev–Trinajstić information content (AvgIpc) is 2.79. The minimum atomic E-state index is -0.790. The van der Waals surface area contributed by atoms with Crippen molar-refractivity contribution < 1.29 is 14.6 Å². The number of amides is 1. The topological polar surface area (TPSA) is 62.7 Å². The van der Waals surface area contributed by atoms with E-state index < -0.39 is 5.60 Å². The molecule has 0 unspecified atom stereocenters. The summed E-state index contributed by atoms with van der Waals surface area (Å²) in [6, 6.07) is 9.34. The Morgan fingerprint density at radius 3 is 2.58 bits per heavy atom. The Morgan fingerprint density at radius 1 is 1.23 bits per heavy atom. The number of pyridine rings is 1. The summed E-state index contributed by atoms with van der Waals surface area (Å²) in [6.07, 6.45) is 12.6. The van der Waals surface area contributed by atoms with Gasteiger partial charge in [0.2, 0.25) is 0 Å². The van der Waals surface area contributed by atoms with Gasteiger partial charge >= 0.3 is 0 Å². The van der Waals surface area contributed by atoms with Crippen LogP contribution >= 0.6 is 0 Å². The molecule has 1 amide bonds.